The largest absolute Gasteiger partial charge is 0.497 e. The number of ether oxygens (including phenoxy) is 1. The number of hydrogen-bond donors (Lipinski definition) is 1. The van der Waals surface area contributed by atoms with Gasteiger partial charge in [0.25, 0.3) is 5.91 Å². The van der Waals surface area contributed by atoms with Gasteiger partial charge in [0.1, 0.15) is 5.75 Å². The molecule has 108 valence electrons. The highest BCUT2D eigenvalue weighted by atomic mass is 35.5. The summed E-state index contributed by atoms with van der Waals surface area (Å²) in [4.78, 5) is 23.3. The number of rotatable bonds is 4. The second-order valence-corrected chi connectivity index (χ2v) is 4.84. The van der Waals surface area contributed by atoms with E-state index in [-0.39, 0.29) is 11.7 Å². The Morgan fingerprint density at radius 1 is 1.10 bits per heavy atom. The first-order valence-electron chi connectivity index (χ1n) is 6.27. The third kappa shape index (κ3) is 3.61. The Kier molecular flexibility index (Phi) is 4.60. The van der Waals surface area contributed by atoms with Gasteiger partial charge in [0.2, 0.25) is 0 Å². The molecule has 5 heteroatoms. The van der Waals surface area contributed by atoms with Crippen LogP contribution in [0.25, 0.3) is 0 Å². The molecule has 0 heterocycles. The van der Waals surface area contributed by atoms with Gasteiger partial charge in [0, 0.05) is 11.3 Å². The number of nitrogens with one attached hydrogen (secondary N) is 1. The predicted molar refractivity (Wildman–Crippen MR) is 82.4 cm³/mol. The summed E-state index contributed by atoms with van der Waals surface area (Å²) in [5, 5.41) is 3.04. The predicted octanol–water partition coefficient (Wildman–Crippen LogP) is 3.80. The molecule has 0 bridgehead atoms. The second kappa shape index (κ2) is 6.41. The molecular weight excluding hydrogens is 290 g/mol. The number of ketones is 1. The standard InChI is InChI=1S/C16H14ClNO3/c1-10(19)11-3-5-12(6-4-11)18-16(20)14-8-7-13(21-2)9-15(14)17/h3-9H,1-2H3,(H,18,20). The van der Waals surface area contributed by atoms with Gasteiger partial charge in [-0.05, 0) is 49.4 Å². The average molecular weight is 304 g/mol. The lowest BCUT2D eigenvalue weighted by Gasteiger charge is -2.08. The lowest BCUT2D eigenvalue weighted by molar-refractivity contribution is 0.101. The van der Waals surface area contributed by atoms with Crippen LogP contribution in [0.2, 0.25) is 5.02 Å². The smallest absolute Gasteiger partial charge is 0.257 e. The van der Waals surface area contributed by atoms with Crippen molar-refractivity contribution in [3.63, 3.8) is 0 Å². The lowest BCUT2D eigenvalue weighted by atomic mass is 10.1. The fraction of sp³-hybridized carbons (Fsp3) is 0.125. The van der Waals surface area contributed by atoms with Gasteiger partial charge in [-0.15, -0.1) is 0 Å². The van der Waals surface area contributed by atoms with E-state index in [2.05, 4.69) is 5.32 Å². The van der Waals surface area contributed by atoms with Gasteiger partial charge in [-0.25, -0.2) is 0 Å². The number of amides is 1. The Bertz CT molecular complexity index is 680. The van der Waals surface area contributed by atoms with Crippen molar-refractivity contribution >= 4 is 29.0 Å². The summed E-state index contributed by atoms with van der Waals surface area (Å²) in [6.45, 7) is 1.49. The maximum Gasteiger partial charge on any atom is 0.257 e. The quantitative estimate of drug-likeness (QED) is 0.874. The van der Waals surface area contributed by atoms with E-state index in [9.17, 15) is 9.59 Å². The van der Waals surface area contributed by atoms with E-state index in [4.69, 9.17) is 16.3 Å². The van der Waals surface area contributed by atoms with Gasteiger partial charge in [0.05, 0.1) is 17.7 Å². The molecule has 21 heavy (non-hydrogen) atoms. The summed E-state index contributed by atoms with van der Waals surface area (Å²) in [5.41, 5.74) is 1.54. The topological polar surface area (TPSA) is 55.4 Å². The summed E-state index contributed by atoms with van der Waals surface area (Å²) < 4.78 is 5.04. The SMILES string of the molecule is COc1ccc(C(=O)Nc2ccc(C(C)=O)cc2)c(Cl)c1. The average Bonchev–Trinajstić information content (AvgIpc) is 2.47. The zero-order valence-electron chi connectivity index (χ0n) is 11.6. The van der Waals surface area contributed by atoms with E-state index in [0.29, 0.717) is 27.6 Å². The molecule has 4 nitrogen and oxygen atoms in total. The van der Waals surface area contributed by atoms with Gasteiger partial charge in [0.15, 0.2) is 5.78 Å². The Morgan fingerprint density at radius 2 is 1.76 bits per heavy atom. The summed E-state index contributed by atoms with van der Waals surface area (Å²) in [7, 11) is 1.53. The molecular formula is C16H14ClNO3. The fourth-order valence-electron chi connectivity index (χ4n) is 1.79. The Hall–Kier alpha value is -2.33. The molecule has 0 atom stereocenters. The fourth-order valence-corrected chi connectivity index (χ4v) is 2.05. The molecule has 1 amide bonds. The van der Waals surface area contributed by atoms with Crippen LogP contribution in [-0.4, -0.2) is 18.8 Å². The van der Waals surface area contributed by atoms with Crippen molar-refractivity contribution in [1.29, 1.82) is 0 Å². The monoisotopic (exact) mass is 303 g/mol. The normalized spacial score (nSPS) is 10.0. The van der Waals surface area contributed by atoms with Crippen LogP contribution in [-0.2, 0) is 0 Å². The highest BCUT2D eigenvalue weighted by molar-refractivity contribution is 6.34. The molecule has 2 aromatic rings. The van der Waals surface area contributed by atoms with Crippen molar-refractivity contribution in [1.82, 2.24) is 0 Å². The maximum atomic E-state index is 12.2. The molecule has 2 rings (SSSR count). The molecule has 0 aliphatic carbocycles. The van der Waals surface area contributed by atoms with Crippen LogP contribution in [0.3, 0.4) is 0 Å². The zero-order chi connectivity index (χ0) is 15.4. The molecule has 0 radical (unpaired) electrons. The first-order valence-corrected chi connectivity index (χ1v) is 6.65. The van der Waals surface area contributed by atoms with E-state index in [0.717, 1.165) is 0 Å². The third-order valence-corrected chi connectivity index (χ3v) is 3.28. The Morgan fingerprint density at radius 3 is 2.29 bits per heavy atom. The van der Waals surface area contributed by atoms with Crippen LogP contribution in [0, 0.1) is 0 Å². The summed E-state index contributed by atoms with van der Waals surface area (Å²) in [6.07, 6.45) is 0. The Labute approximate surface area is 127 Å². The first-order chi connectivity index (χ1) is 10.0. The molecule has 0 saturated heterocycles. The molecule has 0 aliphatic heterocycles. The van der Waals surface area contributed by atoms with Gasteiger partial charge in [-0.3, -0.25) is 9.59 Å². The van der Waals surface area contributed by atoms with Crippen molar-refractivity contribution in [2.24, 2.45) is 0 Å². The van der Waals surface area contributed by atoms with E-state index in [1.807, 2.05) is 0 Å². The van der Waals surface area contributed by atoms with Gasteiger partial charge < -0.3 is 10.1 Å². The Balaban J connectivity index is 2.16. The molecule has 0 aromatic heterocycles. The van der Waals surface area contributed by atoms with Crippen LogP contribution in [0.4, 0.5) is 5.69 Å². The van der Waals surface area contributed by atoms with Crippen LogP contribution in [0.5, 0.6) is 5.75 Å². The van der Waals surface area contributed by atoms with Gasteiger partial charge in [-0.1, -0.05) is 11.6 Å². The number of anilines is 1. The molecule has 0 aliphatic rings. The number of carbonyl (C=O) groups excluding carboxylic acids is 2. The van der Waals surface area contributed by atoms with Crippen LogP contribution >= 0.6 is 11.6 Å². The minimum Gasteiger partial charge on any atom is -0.497 e. The second-order valence-electron chi connectivity index (χ2n) is 4.43. The van der Waals surface area contributed by atoms with E-state index in [1.54, 1.807) is 42.5 Å². The van der Waals surface area contributed by atoms with Gasteiger partial charge >= 0.3 is 0 Å². The minimum absolute atomic E-state index is 0.0222. The van der Waals surface area contributed by atoms with Crippen molar-refractivity contribution < 1.29 is 14.3 Å². The number of methoxy groups -OCH3 is 1. The highest BCUT2D eigenvalue weighted by Gasteiger charge is 2.11. The summed E-state index contributed by atoms with van der Waals surface area (Å²) >= 11 is 6.05. The molecule has 0 saturated carbocycles. The molecule has 2 aromatic carbocycles. The molecule has 0 fully saturated rings. The number of Topliss-reactive ketones (excluding diaryl/α,β-unsaturated/α-hetero) is 1. The van der Waals surface area contributed by atoms with Crippen molar-refractivity contribution in [2.45, 2.75) is 6.92 Å². The third-order valence-electron chi connectivity index (χ3n) is 2.97. The maximum absolute atomic E-state index is 12.2. The highest BCUT2D eigenvalue weighted by Crippen LogP contribution is 2.23. The lowest BCUT2D eigenvalue weighted by Crippen LogP contribution is -2.12. The van der Waals surface area contributed by atoms with Crippen LogP contribution in [0.1, 0.15) is 27.6 Å². The molecule has 1 N–H and O–H groups in total. The van der Waals surface area contributed by atoms with Crippen LogP contribution < -0.4 is 10.1 Å². The minimum atomic E-state index is -0.321. The van der Waals surface area contributed by atoms with Gasteiger partial charge in [-0.2, -0.15) is 0 Å². The van der Waals surface area contributed by atoms with Crippen molar-refractivity contribution in [3.8, 4) is 5.75 Å². The zero-order valence-corrected chi connectivity index (χ0v) is 12.4. The number of halogens is 1. The number of carbonyl (C=O) groups is 2. The number of benzene rings is 2. The first kappa shape index (κ1) is 15.1. The van der Waals surface area contributed by atoms with Crippen molar-refractivity contribution in [3.05, 3.63) is 58.6 Å². The van der Waals surface area contributed by atoms with E-state index < -0.39 is 0 Å². The van der Waals surface area contributed by atoms with Crippen LogP contribution in [0.15, 0.2) is 42.5 Å². The van der Waals surface area contributed by atoms with Crippen molar-refractivity contribution in [2.75, 3.05) is 12.4 Å². The summed E-state index contributed by atoms with van der Waals surface area (Å²) in [6, 6.07) is 11.5. The van der Waals surface area contributed by atoms with E-state index in [1.165, 1.54) is 14.0 Å². The summed E-state index contributed by atoms with van der Waals surface area (Å²) in [5.74, 6) is 0.242. The molecule has 0 spiro atoms. The number of hydrogen-bond acceptors (Lipinski definition) is 3. The molecule has 0 unspecified atom stereocenters. The van der Waals surface area contributed by atoms with E-state index >= 15 is 0 Å².